The van der Waals surface area contributed by atoms with E-state index in [-0.39, 0.29) is 0 Å². The van der Waals surface area contributed by atoms with Crippen LogP contribution < -0.4 is 0 Å². The smallest absolute Gasteiger partial charge is 0.159 e. The molecule has 0 aromatic carbocycles. The van der Waals surface area contributed by atoms with Crippen molar-refractivity contribution in [3.05, 3.63) is 23.1 Å². The molecule has 16 heavy (non-hydrogen) atoms. The molecule has 0 N–H and O–H groups in total. The van der Waals surface area contributed by atoms with Gasteiger partial charge in [0.15, 0.2) is 5.76 Å². The first-order chi connectivity index (χ1) is 7.85. The van der Waals surface area contributed by atoms with Gasteiger partial charge in [-0.1, -0.05) is 12.1 Å². The molecule has 4 rings (SSSR count). The zero-order valence-electron chi connectivity index (χ0n) is 9.78. The van der Waals surface area contributed by atoms with Crippen molar-refractivity contribution in [2.45, 2.75) is 26.2 Å². The number of rotatable bonds is 2. The van der Waals surface area contributed by atoms with Gasteiger partial charge in [-0.2, -0.15) is 0 Å². The van der Waals surface area contributed by atoms with Gasteiger partial charge in [0.25, 0.3) is 0 Å². The second kappa shape index (κ2) is 4.06. The largest absolute Gasteiger partial charge is 0.357 e. The maximum Gasteiger partial charge on any atom is 0.159 e. The molecular weight excluding hydrogens is 200 g/mol. The third-order valence-corrected chi connectivity index (χ3v) is 3.79. The van der Waals surface area contributed by atoms with E-state index < -0.39 is 0 Å². The summed E-state index contributed by atoms with van der Waals surface area (Å²) < 4.78 is 5.32. The van der Waals surface area contributed by atoms with Crippen molar-refractivity contribution in [1.82, 2.24) is 10.1 Å². The van der Waals surface area contributed by atoms with Gasteiger partial charge < -0.3 is 4.52 Å². The Morgan fingerprint density at radius 3 is 2.88 bits per heavy atom. The summed E-state index contributed by atoms with van der Waals surface area (Å²) in [7, 11) is 0. The molecule has 3 saturated heterocycles. The maximum atomic E-state index is 5.32. The van der Waals surface area contributed by atoms with Crippen molar-refractivity contribution in [3.8, 4) is 0 Å². The van der Waals surface area contributed by atoms with E-state index in [1.54, 1.807) is 0 Å². The Morgan fingerprint density at radius 1 is 1.50 bits per heavy atom. The molecule has 3 aliphatic heterocycles. The van der Waals surface area contributed by atoms with E-state index in [1.807, 2.05) is 0 Å². The quantitative estimate of drug-likeness (QED) is 0.763. The molecule has 3 heteroatoms. The summed E-state index contributed by atoms with van der Waals surface area (Å²) in [4.78, 5) is 2.53. The van der Waals surface area contributed by atoms with E-state index in [0.717, 1.165) is 30.3 Å². The second-order valence-electron chi connectivity index (χ2n) is 4.84. The maximum absolute atomic E-state index is 5.32. The van der Waals surface area contributed by atoms with Crippen LogP contribution in [0.3, 0.4) is 0 Å². The SMILES string of the molecule is CCc1cc(/C=C2\CN3CCC2CC3)on1. The summed E-state index contributed by atoms with van der Waals surface area (Å²) >= 11 is 0. The Labute approximate surface area is 96.1 Å². The van der Waals surface area contributed by atoms with E-state index >= 15 is 0 Å². The third kappa shape index (κ3) is 1.80. The fraction of sp³-hybridized carbons (Fsp3) is 0.615. The van der Waals surface area contributed by atoms with Crippen molar-refractivity contribution >= 4 is 6.08 Å². The molecule has 0 amide bonds. The Morgan fingerprint density at radius 2 is 2.31 bits per heavy atom. The summed E-state index contributed by atoms with van der Waals surface area (Å²) in [6.45, 7) is 5.78. The molecule has 0 atom stereocenters. The standard InChI is InChI=1S/C13H18N2O/c1-2-12-8-13(16-14-12)7-11-9-15-5-3-10(11)4-6-15/h7-8,10H,2-6,9H2,1H3/b11-7+. The summed E-state index contributed by atoms with van der Waals surface area (Å²) in [5, 5.41) is 4.03. The molecule has 1 aromatic heterocycles. The normalized spacial score (nSPS) is 31.2. The van der Waals surface area contributed by atoms with E-state index in [1.165, 1.54) is 31.5 Å². The fourth-order valence-corrected chi connectivity index (χ4v) is 2.76. The van der Waals surface area contributed by atoms with Crippen molar-refractivity contribution in [3.63, 3.8) is 0 Å². The average molecular weight is 218 g/mol. The predicted octanol–water partition coefficient (Wildman–Crippen LogP) is 2.35. The molecule has 1 aromatic rings. The van der Waals surface area contributed by atoms with Crippen molar-refractivity contribution in [1.29, 1.82) is 0 Å². The Kier molecular flexibility index (Phi) is 2.56. The average Bonchev–Trinajstić information content (AvgIpc) is 2.78. The molecular formula is C13H18N2O. The molecule has 0 radical (unpaired) electrons. The van der Waals surface area contributed by atoms with Crippen molar-refractivity contribution in [2.24, 2.45) is 5.92 Å². The first-order valence-electron chi connectivity index (χ1n) is 6.23. The van der Waals surface area contributed by atoms with E-state index in [9.17, 15) is 0 Å². The Balaban J connectivity index is 1.81. The lowest BCUT2D eigenvalue weighted by Gasteiger charge is -2.40. The topological polar surface area (TPSA) is 29.3 Å². The second-order valence-corrected chi connectivity index (χ2v) is 4.84. The van der Waals surface area contributed by atoms with Crippen molar-refractivity contribution in [2.75, 3.05) is 19.6 Å². The molecule has 0 aliphatic carbocycles. The van der Waals surface area contributed by atoms with Gasteiger partial charge in [-0.25, -0.2) is 0 Å². The zero-order valence-corrected chi connectivity index (χ0v) is 9.78. The Hall–Kier alpha value is -1.09. The molecule has 0 unspecified atom stereocenters. The van der Waals surface area contributed by atoms with Crippen LogP contribution in [0.15, 0.2) is 16.2 Å². The van der Waals surface area contributed by atoms with Gasteiger partial charge in [0, 0.05) is 12.6 Å². The number of aromatic nitrogens is 1. The minimum atomic E-state index is 0.792. The first-order valence-corrected chi connectivity index (χ1v) is 6.23. The zero-order chi connectivity index (χ0) is 11.0. The fourth-order valence-electron chi connectivity index (χ4n) is 2.76. The minimum absolute atomic E-state index is 0.792. The van der Waals surface area contributed by atoms with Gasteiger partial charge in [-0.05, 0) is 49.9 Å². The number of aryl methyl sites for hydroxylation is 1. The highest BCUT2D eigenvalue weighted by molar-refractivity contribution is 5.49. The molecule has 2 bridgehead atoms. The van der Waals surface area contributed by atoms with Gasteiger partial charge in [0.2, 0.25) is 0 Å². The van der Waals surface area contributed by atoms with Gasteiger partial charge in [0.1, 0.15) is 0 Å². The lowest BCUT2D eigenvalue weighted by molar-refractivity contribution is 0.163. The van der Waals surface area contributed by atoms with Gasteiger partial charge in [0.05, 0.1) is 5.69 Å². The lowest BCUT2D eigenvalue weighted by atomic mass is 9.83. The highest BCUT2D eigenvalue weighted by Gasteiger charge is 2.29. The summed E-state index contributed by atoms with van der Waals surface area (Å²) in [6, 6.07) is 2.06. The van der Waals surface area contributed by atoms with E-state index in [4.69, 9.17) is 4.52 Å². The molecule has 86 valence electrons. The monoisotopic (exact) mass is 218 g/mol. The number of piperidine rings is 3. The van der Waals surface area contributed by atoms with Crippen LogP contribution in [0, 0.1) is 5.92 Å². The van der Waals surface area contributed by atoms with Crippen LogP contribution in [0.4, 0.5) is 0 Å². The summed E-state index contributed by atoms with van der Waals surface area (Å²) in [5.41, 5.74) is 2.59. The molecule has 3 fully saturated rings. The van der Waals surface area contributed by atoms with Crippen LogP contribution in [0.2, 0.25) is 0 Å². The number of nitrogens with zero attached hydrogens (tertiary/aromatic N) is 2. The summed E-state index contributed by atoms with van der Waals surface area (Å²) in [6.07, 6.45) is 5.80. The van der Waals surface area contributed by atoms with Crippen LogP contribution in [0.5, 0.6) is 0 Å². The number of hydrogen-bond acceptors (Lipinski definition) is 3. The van der Waals surface area contributed by atoms with Crippen molar-refractivity contribution < 1.29 is 4.52 Å². The van der Waals surface area contributed by atoms with E-state index in [0.29, 0.717) is 0 Å². The highest BCUT2D eigenvalue weighted by atomic mass is 16.5. The lowest BCUT2D eigenvalue weighted by Crippen LogP contribution is -2.42. The molecule has 0 saturated carbocycles. The van der Waals surface area contributed by atoms with Crippen LogP contribution in [-0.2, 0) is 6.42 Å². The summed E-state index contributed by atoms with van der Waals surface area (Å²) in [5.74, 6) is 1.72. The molecule has 3 nitrogen and oxygen atoms in total. The van der Waals surface area contributed by atoms with Crippen LogP contribution >= 0.6 is 0 Å². The molecule has 3 aliphatic rings. The van der Waals surface area contributed by atoms with Crippen LogP contribution in [0.1, 0.15) is 31.2 Å². The van der Waals surface area contributed by atoms with E-state index in [2.05, 4.69) is 29.1 Å². The molecule has 4 heterocycles. The van der Waals surface area contributed by atoms with Gasteiger partial charge >= 0.3 is 0 Å². The minimum Gasteiger partial charge on any atom is -0.357 e. The third-order valence-electron chi connectivity index (χ3n) is 3.79. The highest BCUT2D eigenvalue weighted by Crippen LogP contribution is 2.32. The van der Waals surface area contributed by atoms with Crippen LogP contribution in [0.25, 0.3) is 6.08 Å². The number of fused-ring (bicyclic) bond motifs is 3. The van der Waals surface area contributed by atoms with Crippen LogP contribution in [-0.4, -0.2) is 29.7 Å². The Bertz CT molecular complexity index is 400. The molecule has 0 spiro atoms. The predicted molar refractivity (Wildman–Crippen MR) is 63.0 cm³/mol. The first kappa shape index (κ1) is 10.1. The number of hydrogen-bond donors (Lipinski definition) is 0. The van der Waals surface area contributed by atoms with Gasteiger partial charge in [-0.15, -0.1) is 0 Å². The van der Waals surface area contributed by atoms with Gasteiger partial charge in [-0.3, -0.25) is 4.90 Å².